The first-order valence-electron chi connectivity index (χ1n) is 3.98. The monoisotopic (exact) mass is 277 g/mol. The average Bonchev–Trinajstić information content (AvgIpc) is 2.20. The number of methoxy groups -OCH3 is 1. The summed E-state index contributed by atoms with van der Waals surface area (Å²) in [5.74, 6) is -1.62. The molecule has 0 amide bonds. The Bertz CT molecular complexity index is 397. The molecule has 1 aromatic rings. The molecule has 0 aliphatic rings. The van der Waals surface area contributed by atoms with E-state index in [-0.39, 0.29) is 15.8 Å². The Morgan fingerprint density at radius 3 is 2.73 bits per heavy atom. The third-order valence-electron chi connectivity index (χ3n) is 1.86. The number of ether oxygens (including phenoxy) is 1. The summed E-state index contributed by atoms with van der Waals surface area (Å²) in [6, 6.07) is 1.18. The predicted octanol–water partition coefficient (Wildman–Crippen LogP) is 1.68. The number of halogens is 2. The summed E-state index contributed by atoms with van der Waals surface area (Å²) in [4.78, 5) is 10.6. The Hall–Kier alpha value is -1.14. The van der Waals surface area contributed by atoms with Crippen molar-refractivity contribution in [3.63, 3.8) is 0 Å². The summed E-state index contributed by atoms with van der Waals surface area (Å²) in [6.07, 6.45) is 0. The van der Waals surface area contributed by atoms with Crippen molar-refractivity contribution in [1.82, 2.24) is 0 Å². The van der Waals surface area contributed by atoms with Crippen LogP contribution in [-0.2, 0) is 4.79 Å². The maximum atomic E-state index is 13.3. The lowest BCUT2D eigenvalue weighted by atomic mass is 10.1. The van der Waals surface area contributed by atoms with E-state index in [1.165, 1.54) is 13.2 Å². The van der Waals surface area contributed by atoms with E-state index in [9.17, 15) is 9.18 Å². The molecule has 15 heavy (non-hydrogen) atoms. The van der Waals surface area contributed by atoms with Gasteiger partial charge < -0.3 is 15.6 Å². The molecule has 0 saturated carbocycles. The van der Waals surface area contributed by atoms with E-state index in [0.717, 1.165) is 6.07 Å². The van der Waals surface area contributed by atoms with Gasteiger partial charge in [-0.25, -0.2) is 4.39 Å². The molecular weight excluding hydrogens is 269 g/mol. The van der Waals surface area contributed by atoms with Crippen LogP contribution in [-0.4, -0.2) is 18.2 Å². The summed E-state index contributed by atoms with van der Waals surface area (Å²) in [5.41, 5.74) is 5.50. The molecule has 0 aliphatic carbocycles. The van der Waals surface area contributed by atoms with Gasteiger partial charge in [0, 0.05) is 0 Å². The van der Waals surface area contributed by atoms with Crippen LogP contribution in [0.4, 0.5) is 4.39 Å². The van der Waals surface area contributed by atoms with E-state index in [1.54, 1.807) is 0 Å². The summed E-state index contributed by atoms with van der Waals surface area (Å²) in [6.45, 7) is 0. The van der Waals surface area contributed by atoms with Crippen LogP contribution in [0.5, 0.6) is 5.75 Å². The molecule has 0 heterocycles. The van der Waals surface area contributed by atoms with Crippen LogP contribution < -0.4 is 10.5 Å². The fraction of sp³-hybridized carbons (Fsp3) is 0.222. The average molecular weight is 278 g/mol. The first kappa shape index (κ1) is 11.9. The second-order valence-electron chi connectivity index (χ2n) is 2.83. The van der Waals surface area contributed by atoms with E-state index in [1.807, 2.05) is 0 Å². The van der Waals surface area contributed by atoms with Crippen molar-refractivity contribution in [3.05, 3.63) is 28.0 Å². The lowest BCUT2D eigenvalue weighted by molar-refractivity contribution is -0.138. The minimum Gasteiger partial charge on any atom is -0.495 e. The highest BCUT2D eigenvalue weighted by Gasteiger charge is 2.18. The Balaban J connectivity index is 3.22. The predicted molar refractivity (Wildman–Crippen MR) is 55.2 cm³/mol. The van der Waals surface area contributed by atoms with Crippen LogP contribution in [0.3, 0.4) is 0 Å². The first-order valence-corrected chi connectivity index (χ1v) is 4.78. The number of carboxylic acids is 1. The molecule has 3 N–H and O–H groups in total. The molecule has 1 rings (SSSR count). The van der Waals surface area contributed by atoms with Crippen LogP contribution in [0.25, 0.3) is 0 Å². The zero-order valence-electron chi connectivity index (χ0n) is 7.83. The van der Waals surface area contributed by atoms with Gasteiger partial charge in [0.25, 0.3) is 0 Å². The van der Waals surface area contributed by atoms with Gasteiger partial charge in [0.1, 0.15) is 17.6 Å². The van der Waals surface area contributed by atoms with Crippen molar-refractivity contribution < 1.29 is 19.0 Å². The van der Waals surface area contributed by atoms with E-state index in [0.29, 0.717) is 0 Å². The van der Waals surface area contributed by atoms with Crippen molar-refractivity contribution >= 4 is 21.9 Å². The standard InChI is InChI=1S/C9H9BrFNO3/c1-15-6-3-4(8(12)9(13)14)2-5(11)7(6)10/h2-3,8H,12H2,1H3,(H,13,14). The fourth-order valence-corrected chi connectivity index (χ4v) is 1.45. The van der Waals surface area contributed by atoms with Gasteiger partial charge in [-0.3, -0.25) is 4.79 Å². The summed E-state index contributed by atoms with van der Waals surface area (Å²) in [7, 11) is 1.36. The number of rotatable bonds is 3. The van der Waals surface area contributed by atoms with Crippen molar-refractivity contribution in [2.24, 2.45) is 5.73 Å². The molecule has 1 aromatic carbocycles. The van der Waals surface area contributed by atoms with Crippen LogP contribution >= 0.6 is 15.9 Å². The summed E-state index contributed by atoms with van der Waals surface area (Å²) >= 11 is 2.97. The second-order valence-corrected chi connectivity index (χ2v) is 3.63. The maximum Gasteiger partial charge on any atom is 0.325 e. The largest absolute Gasteiger partial charge is 0.495 e. The topological polar surface area (TPSA) is 72.5 Å². The Morgan fingerprint density at radius 2 is 2.27 bits per heavy atom. The van der Waals surface area contributed by atoms with Gasteiger partial charge in [-0.1, -0.05) is 0 Å². The fourth-order valence-electron chi connectivity index (χ4n) is 1.05. The van der Waals surface area contributed by atoms with Crippen molar-refractivity contribution in [3.8, 4) is 5.75 Å². The molecule has 0 aliphatic heterocycles. The van der Waals surface area contributed by atoms with Gasteiger partial charge in [0.2, 0.25) is 0 Å². The van der Waals surface area contributed by atoms with Crippen LogP contribution in [0.1, 0.15) is 11.6 Å². The molecule has 0 radical (unpaired) electrons. The Morgan fingerprint density at radius 1 is 1.67 bits per heavy atom. The van der Waals surface area contributed by atoms with E-state index in [2.05, 4.69) is 15.9 Å². The van der Waals surface area contributed by atoms with Crippen molar-refractivity contribution in [2.45, 2.75) is 6.04 Å². The molecule has 0 saturated heterocycles. The highest BCUT2D eigenvalue weighted by Crippen LogP contribution is 2.30. The van der Waals surface area contributed by atoms with Gasteiger partial charge in [0.15, 0.2) is 0 Å². The lowest BCUT2D eigenvalue weighted by Gasteiger charge is -2.10. The number of carbonyl (C=O) groups is 1. The number of benzene rings is 1. The van der Waals surface area contributed by atoms with Gasteiger partial charge in [-0.05, 0) is 33.6 Å². The molecule has 0 aromatic heterocycles. The van der Waals surface area contributed by atoms with E-state index >= 15 is 0 Å². The molecular formula is C9H9BrFNO3. The van der Waals surface area contributed by atoms with Gasteiger partial charge in [-0.15, -0.1) is 0 Å². The molecule has 1 atom stereocenters. The Kier molecular flexibility index (Phi) is 3.65. The maximum absolute atomic E-state index is 13.3. The SMILES string of the molecule is COc1cc(C(N)C(=O)O)cc(F)c1Br. The molecule has 6 heteroatoms. The van der Waals surface area contributed by atoms with Crippen LogP contribution in [0.2, 0.25) is 0 Å². The highest BCUT2D eigenvalue weighted by molar-refractivity contribution is 9.10. The zero-order chi connectivity index (χ0) is 11.6. The third-order valence-corrected chi connectivity index (χ3v) is 2.63. The quantitative estimate of drug-likeness (QED) is 0.882. The van der Waals surface area contributed by atoms with Crippen molar-refractivity contribution in [2.75, 3.05) is 7.11 Å². The number of aliphatic carboxylic acids is 1. The molecule has 0 spiro atoms. The van der Waals surface area contributed by atoms with Gasteiger partial charge in [-0.2, -0.15) is 0 Å². The van der Waals surface area contributed by atoms with E-state index < -0.39 is 17.8 Å². The summed E-state index contributed by atoms with van der Waals surface area (Å²) < 4.78 is 18.3. The zero-order valence-corrected chi connectivity index (χ0v) is 9.42. The normalized spacial score (nSPS) is 12.3. The van der Waals surface area contributed by atoms with Crippen LogP contribution in [0, 0.1) is 5.82 Å². The lowest BCUT2D eigenvalue weighted by Crippen LogP contribution is -2.20. The van der Waals surface area contributed by atoms with Gasteiger partial charge >= 0.3 is 5.97 Å². The number of carboxylic acid groups (broad SMARTS) is 1. The minimum atomic E-state index is -1.26. The molecule has 4 nitrogen and oxygen atoms in total. The van der Waals surface area contributed by atoms with Crippen molar-refractivity contribution in [1.29, 1.82) is 0 Å². The number of hydrogen-bond acceptors (Lipinski definition) is 3. The molecule has 82 valence electrons. The second kappa shape index (κ2) is 4.59. The minimum absolute atomic E-state index is 0.145. The summed E-state index contributed by atoms with van der Waals surface area (Å²) in [5, 5.41) is 8.66. The smallest absolute Gasteiger partial charge is 0.325 e. The van der Waals surface area contributed by atoms with Crippen LogP contribution in [0.15, 0.2) is 16.6 Å². The number of nitrogens with two attached hydrogens (primary N) is 1. The molecule has 0 bridgehead atoms. The third kappa shape index (κ3) is 2.45. The highest BCUT2D eigenvalue weighted by atomic mass is 79.9. The molecule has 1 unspecified atom stereocenters. The van der Waals surface area contributed by atoms with Gasteiger partial charge in [0.05, 0.1) is 11.6 Å². The number of hydrogen-bond donors (Lipinski definition) is 2. The van der Waals surface area contributed by atoms with E-state index in [4.69, 9.17) is 15.6 Å². The first-order chi connectivity index (χ1) is 6.97. The Labute approximate surface area is 94.0 Å². The molecule has 0 fully saturated rings.